The Bertz CT molecular complexity index is 709. The Labute approximate surface area is 300 Å². The molecule has 292 valence electrons. The van der Waals surface area contributed by atoms with Crippen molar-refractivity contribution in [3.05, 3.63) is 0 Å². The van der Waals surface area contributed by atoms with E-state index in [9.17, 15) is 4.79 Å². The van der Waals surface area contributed by atoms with E-state index in [1.165, 1.54) is 21.6 Å². The Kier molecular flexibility index (Phi) is 40.9. The van der Waals surface area contributed by atoms with Crippen LogP contribution in [0.3, 0.4) is 0 Å². The molecule has 49 heavy (non-hydrogen) atoms. The second-order valence-electron chi connectivity index (χ2n) is 9.88. The van der Waals surface area contributed by atoms with Gasteiger partial charge in [-0.2, -0.15) is 0 Å². The Balaban J connectivity index is 3.18. The zero-order chi connectivity index (χ0) is 35.7. The molecule has 1 atom stereocenters. The first-order valence-electron chi connectivity index (χ1n) is 16.9. The second kappa shape index (κ2) is 41.6. The van der Waals surface area contributed by atoms with Gasteiger partial charge in [-0.15, -0.1) is 0 Å². The maximum absolute atomic E-state index is 12.0. The largest absolute Gasteiger partial charge is 0.382 e. The average molecular weight is 750 g/mol. The number of nitrogens with one attached hydrogen (secondary N) is 2. The van der Waals surface area contributed by atoms with Gasteiger partial charge in [-0.3, -0.25) is 10.2 Å². The van der Waals surface area contributed by atoms with E-state index in [0.717, 1.165) is 6.42 Å². The summed E-state index contributed by atoms with van der Waals surface area (Å²) in [7, 11) is 4.30. The smallest absolute Gasteiger partial charge is 0.222 e. The number of nitrogens with two attached hydrogens (primary N) is 1. The van der Waals surface area contributed by atoms with E-state index in [0.29, 0.717) is 164 Å². The molecule has 0 fully saturated rings. The molecule has 4 N–H and O–H groups in total. The number of carbonyl (C=O) groups is 1. The summed E-state index contributed by atoms with van der Waals surface area (Å²) in [6, 6.07) is 0.0466. The zero-order valence-corrected chi connectivity index (χ0v) is 31.3. The van der Waals surface area contributed by atoms with E-state index in [4.69, 9.17) is 68.0 Å². The predicted octanol–water partition coefficient (Wildman–Crippen LogP) is 1.38. The minimum Gasteiger partial charge on any atom is -0.382 e. The van der Waals surface area contributed by atoms with Crippen LogP contribution < -0.4 is 11.1 Å². The van der Waals surface area contributed by atoms with Crippen molar-refractivity contribution in [3.63, 3.8) is 0 Å². The van der Waals surface area contributed by atoms with E-state index < -0.39 is 0 Å². The number of hydrogen-bond donors (Lipinski definition) is 3. The van der Waals surface area contributed by atoms with Crippen LogP contribution in [0.5, 0.6) is 0 Å². The van der Waals surface area contributed by atoms with E-state index in [1.54, 1.807) is 7.11 Å². The van der Waals surface area contributed by atoms with Crippen LogP contribution in [0.1, 0.15) is 19.8 Å². The first-order chi connectivity index (χ1) is 24.1. The van der Waals surface area contributed by atoms with Crippen molar-refractivity contribution in [2.24, 2.45) is 5.73 Å². The zero-order valence-electron chi connectivity index (χ0n) is 29.7. The molecule has 0 aromatic heterocycles. The number of hydrogen-bond acceptors (Lipinski definition) is 16. The van der Waals surface area contributed by atoms with Gasteiger partial charge >= 0.3 is 0 Å². The number of rotatable bonds is 41. The van der Waals surface area contributed by atoms with E-state index in [2.05, 4.69) is 5.32 Å². The molecule has 16 nitrogen and oxygen atoms in total. The Morgan fingerprint density at radius 1 is 0.551 bits per heavy atom. The van der Waals surface area contributed by atoms with Gasteiger partial charge in [0.05, 0.1) is 152 Å². The van der Waals surface area contributed by atoms with Crippen LogP contribution in [0.15, 0.2) is 0 Å². The highest BCUT2D eigenvalue weighted by molar-refractivity contribution is 8.82. The maximum Gasteiger partial charge on any atom is 0.222 e. The Morgan fingerprint density at radius 2 is 0.837 bits per heavy atom. The average Bonchev–Trinajstić information content (AvgIpc) is 3.09. The van der Waals surface area contributed by atoms with Crippen LogP contribution >= 0.6 is 21.6 Å². The van der Waals surface area contributed by atoms with Gasteiger partial charge in [-0.05, 0) is 17.2 Å². The molecule has 0 rings (SSSR count). The van der Waals surface area contributed by atoms with Crippen LogP contribution in [0, 0.1) is 5.41 Å². The normalized spacial score (nSPS) is 12.0. The number of carbonyl (C=O) groups excluding carboxylic acids is 1. The highest BCUT2D eigenvalue weighted by atomic mass is 33.1. The highest BCUT2D eigenvalue weighted by Crippen LogP contribution is 2.21. The molecule has 0 aliphatic heterocycles. The Morgan fingerprint density at radius 3 is 1.10 bits per heavy atom. The van der Waals surface area contributed by atoms with Crippen molar-refractivity contribution in [1.82, 2.24) is 5.32 Å². The number of ether oxygens (including phenoxy) is 12. The van der Waals surface area contributed by atoms with Crippen molar-refractivity contribution in [3.8, 4) is 0 Å². The summed E-state index contributed by atoms with van der Waals surface area (Å²) in [4.78, 5) is 12.0. The first kappa shape index (κ1) is 48.2. The van der Waals surface area contributed by atoms with Crippen LogP contribution in [-0.4, -0.2) is 182 Å². The summed E-state index contributed by atoms with van der Waals surface area (Å²) in [5.41, 5.74) is 5.32. The minimum atomic E-state index is -0.0536. The van der Waals surface area contributed by atoms with Crippen LogP contribution in [0.25, 0.3) is 0 Å². The van der Waals surface area contributed by atoms with Crippen LogP contribution in [0.2, 0.25) is 0 Å². The quantitative estimate of drug-likeness (QED) is 0.0352. The van der Waals surface area contributed by atoms with E-state index in [-0.39, 0.29) is 17.1 Å². The standard InChI is InChI=1S/C31H63N3O13S2/c1-3-29(28-48-49-31(32)33)34-30(35)4-5-37-8-9-39-12-13-41-16-17-43-20-21-45-24-25-47-27-26-46-23-22-44-19-18-42-15-14-40-11-10-38-7-6-36-2/h29H,3-28H2,1-2H3,(H3,32,33)(H,34,35). The molecular formula is C31H63N3O13S2. The lowest BCUT2D eigenvalue weighted by Gasteiger charge is -2.16. The van der Waals surface area contributed by atoms with Crippen molar-refractivity contribution in [2.75, 3.05) is 165 Å². The van der Waals surface area contributed by atoms with Gasteiger partial charge in [0, 0.05) is 25.3 Å². The fourth-order valence-corrected chi connectivity index (χ4v) is 5.11. The third kappa shape index (κ3) is 41.5. The first-order valence-corrected chi connectivity index (χ1v) is 19.2. The summed E-state index contributed by atoms with van der Waals surface area (Å²) in [5.74, 6) is 0.642. The third-order valence-electron chi connectivity index (χ3n) is 5.90. The maximum atomic E-state index is 12.0. The molecule has 0 aromatic carbocycles. The summed E-state index contributed by atoms with van der Waals surface area (Å²) >= 11 is 0. The molecule has 1 amide bonds. The molecule has 18 heteroatoms. The summed E-state index contributed by atoms with van der Waals surface area (Å²) in [5, 5.41) is 10.2. The molecular weight excluding hydrogens is 686 g/mol. The van der Waals surface area contributed by atoms with Crippen molar-refractivity contribution in [2.45, 2.75) is 25.8 Å². The lowest BCUT2D eigenvalue weighted by molar-refractivity contribution is -0.122. The molecule has 1 unspecified atom stereocenters. The molecule has 0 aliphatic rings. The molecule has 0 saturated carbocycles. The van der Waals surface area contributed by atoms with Crippen molar-refractivity contribution >= 4 is 32.7 Å². The molecule has 0 heterocycles. The molecule has 0 aromatic rings. The lowest BCUT2D eigenvalue weighted by Crippen LogP contribution is -2.36. The van der Waals surface area contributed by atoms with Crippen molar-refractivity contribution < 1.29 is 61.6 Å². The minimum absolute atomic E-state index is 0.0466. The van der Waals surface area contributed by atoms with Gasteiger partial charge in [-0.25, -0.2) is 0 Å². The van der Waals surface area contributed by atoms with Gasteiger partial charge < -0.3 is 67.9 Å². The molecule has 0 bridgehead atoms. The number of amides is 1. The van der Waals surface area contributed by atoms with E-state index >= 15 is 0 Å². The molecule has 0 saturated heterocycles. The van der Waals surface area contributed by atoms with Gasteiger partial charge in [0.25, 0.3) is 0 Å². The fourth-order valence-electron chi connectivity index (χ4n) is 3.35. The summed E-state index contributed by atoms with van der Waals surface area (Å²) in [6.45, 7) is 13.4. The van der Waals surface area contributed by atoms with Gasteiger partial charge in [0.2, 0.25) is 5.91 Å². The van der Waals surface area contributed by atoms with E-state index in [1.807, 2.05) is 6.92 Å². The topological polar surface area (TPSA) is 190 Å². The van der Waals surface area contributed by atoms with Gasteiger partial charge in [0.15, 0.2) is 5.17 Å². The lowest BCUT2D eigenvalue weighted by atomic mass is 10.2. The second-order valence-corrected chi connectivity index (χ2v) is 12.3. The van der Waals surface area contributed by atoms with Crippen molar-refractivity contribution in [1.29, 1.82) is 5.41 Å². The van der Waals surface area contributed by atoms with Gasteiger partial charge in [-0.1, -0.05) is 17.7 Å². The summed E-state index contributed by atoms with van der Waals surface area (Å²) < 4.78 is 64.8. The molecule has 0 aliphatic carbocycles. The van der Waals surface area contributed by atoms with Gasteiger partial charge in [0.1, 0.15) is 0 Å². The highest BCUT2D eigenvalue weighted by Gasteiger charge is 2.11. The molecule has 0 spiro atoms. The fraction of sp³-hybridized carbons (Fsp3) is 0.935. The SMILES string of the molecule is CCC(CSSC(=N)N)NC(=O)CCOCCOCCOCCOCCOCCOCCOCCOCCOCCOCCOCCOC. The van der Waals surface area contributed by atoms with Crippen LogP contribution in [-0.2, 0) is 61.6 Å². The predicted molar refractivity (Wildman–Crippen MR) is 190 cm³/mol. The van der Waals surface area contributed by atoms with Crippen LogP contribution in [0.4, 0.5) is 0 Å². The molecule has 0 radical (unpaired) electrons. The monoisotopic (exact) mass is 749 g/mol. The Hall–Kier alpha value is -0.840. The number of amidine groups is 1. The third-order valence-corrected chi connectivity index (χ3v) is 8.04. The summed E-state index contributed by atoms with van der Waals surface area (Å²) in [6.07, 6.45) is 1.10. The number of methoxy groups -OCH3 is 1.